The van der Waals surface area contributed by atoms with Gasteiger partial charge in [-0.05, 0) is 18.6 Å². The second kappa shape index (κ2) is 5.23. The van der Waals surface area contributed by atoms with Gasteiger partial charge in [0.15, 0.2) is 0 Å². The Labute approximate surface area is 108 Å². The Balaban J connectivity index is 2.96. The van der Waals surface area contributed by atoms with E-state index in [1.54, 1.807) is 0 Å². The fraction of sp³-hybridized carbons (Fsp3) is 0.300. The highest BCUT2D eigenvalue weighted by Gasteiger charge is 2.30. The number of hydrogen-bond donors (Lipinski definition) is 1. The molecule has 0 bridgehead atoms. The van der Waals surface area contributed by atoms with E-state index >= 15 is 0 Å². The maximum absolute atomic E-state index is 12.4. The highest BCUT2D eigenvalue weighted by Crippen LogP contribution is 2.29. The molecule has 0 atom stereocenters. The Bertz CT molecular complexity index is 552. The van der Waals surface area contributed by atoms with Crippen LogP contribution in [0, 0.1) is 0 Å². The molecule has 100 valence electrons. The number of hydrogen-bond acceptors (Lipinski definition) is 3. The van der Waals surface area contributed by atoms with Crippen LogP contribution in [0.15, 0.2) is 24.3 Å². The number of nitrogens with one attached hydrogen (secondary N) is 1. The van der Waals surface area contributed by atoms with E-state index in [0.29, 0.717) is 0 Å². The second-order valence-corrected chi connectivity index (χ2v) is 5.95. The lowest BCUT2D eigenvalue weighted by Gasteiger charge is -2.09. The summed E-state index contributed by atoms with van der Waals surface area (Å²) in [5, 5.41) is 0. The highest BCUT2D eigenvalue weighted by atomic mass is 32.2. The lowest BCUT2D eigenvalue weighted by atomic mass is 10.1. The van der Waals surface area contributed by atoms with E-state index < -0.39 is 27.5 Å². The summed E-state index contributed by atoms with van der Waals surface area (Å²) < 4.78 is 62.3. The molecule has 0 aliphatic carbocycles. The van der Waals surface area contributed by atoms with Crippen molar-refractivity contribution < 1.29 is 21.6 Å². The summed E-state index contributed by atoms with van der Waals surface area (Å²) in [7, 11) is -3.75. The molecule has 0 aliphatic heterocycles. The summed E-state index contributed by atoms with van der Waals surface area (Å²) in [6.07, 6.45) is -4.49. The number of sulfonamides is 1. The van der Waals surface area contributed by atoms with E-state index in [1.165, 1.54) is 13.0 Å². The topological polar surface area (TPSA) is 46.2 Å². The average molecular weight is 297 g/mol. The molecule has 1 aromatic rings. The average Bonchev–Trinajstić information content (AvgIpc) is 2.13. The zero-order valence-electron chi connectivity index (χ0n) is 9.28. The Kier molecular flexibility index (Phi) is 4.33. The molecule has 0 unspecified atom stereocenters. The molecular weight excluding hydrogens is 287 g/mol. The molecule has 0 radical (unpaired) electrons. The molecule has 0 fully saturated rings. The number of alkyl halides is 3. The van der Waals surface area contributed by atoms with E-state index in [1.807, 2.05) is 4.72 Å². The van der Waals surface area contributed by atoms with E-state index in [-0.39, 0.29) is 10.6 Å². The van der Waals surface area contributed by atoms with Gasteiger partial charge < -0.3 is 0 Å². The largest absolute Gasteiger partial charge is 0.416 e. The predicted octanol–water partition coefficient (Wildman–Crippen LogP) is 2.47. The molecule has 8 heteroatoms. The van der Waals surface area contributed by atoms with Gasteiger partial charge >= 0.3 is 6.18 Å². The van der Waals surface area contributed by atoms with Crippen LogP contribution < -0.4 is 4.72 Å². The molecule has 0 aliphatic rings. The molecule has 18 heavy (non-hydrogen) atoms. The van der Waals surface area contributed by atoms with Gasteiger partial charge in [-0.2, -0.15) is 13.2 Å². The van der Waals surface area contributed by atoms with E-state index in [9.17, 15) is 21.6 Å². The maximum atomic E-state index is 12.4. The van der Waals surface area contributed by atoms with Crippen molar-refractivity contribution in [1.29, 1.82) is 0 Å². The first-order valence-electron chi connectivity index (χ1n) is 4.77. The van der Waals surface area contributed by atoms with Crippen molar-refractivity contribution in [2.75, 3.05) is 0 Å². The molecule has 0 saturated heterocycles. The molecule has 0 amide bonds. The van der Waals surface area contributed by atoms with Crippen LogP contribution in [0.1, 0.15) is 18.1 Å². The fourth-order valence-corrected chi connectivity index (χ4v) is 2.82. The van der Waals surface area contributed by atoms with Crippen LogP contribution in [0.4, 0.5) is 13.2 Å². The van der Waals surface area contributed by atoms with Crippen molar-refractivity contribution in [3.63, 3.8) is 0 Å². The van der Waals surface area contributed by atoms with Crippen LogP contribution in [0.25, 0.3) is 0 Å². The van der Waals surface area contributed by atoms with Gasteiger partial charge in [-0.3, -0.25) is 4.72 Å². The molecule has 1 aromatic carbocycles. The quantitative estimate of drug-likeness (QED) is 0.872. The van der Waals surface area contributed by atoms with Gasteiger partial charge in [0.05, 0.1) is 16.3 Å². The minimum atomic E-state index is -4.49. The first-order valence-corrected chi connectivity index (χ1v) is 6.83. The zero-order valence-corrected chi connectivity index (χ0v) is 10.9. The first kappa shape index (κ1) is 14.9. The maximum Gasteiger partial charge on any atom is 0.416 e. The van der Waals surface area contributed by atoms with E-state index in [0.717, 1.165) is 18.2 Å². The van der Waals surface area contributed by atoms with Crippen LogP contribution >= 0.6 is 12.2 Å². The normalized spacial score (nSPS) is 12.2. The third-order valence-corrected chi connectivity index (χ3v) is 3.47. The monoisotopic (exact) mass is 297 g/mol. The van der Waals surface area contributed by atoms with Crippen molar-refractivity contribution in [3.8, 4) is 0 Å². The molecule has 0 aromatic heterocycles. The summed E-state index contributed by atoms with van der Waals surface area (Å²) >= 11 is 4.57. The minimum absolute atomic E-state index is 0.0435. The smallest absolute Gasteiger partial charge is 0.277 e. The molecule has 1 rings (SSSR count). The summed E-state index contributed by atoms with van der Waals surface area (Å²) in [4.78, 5) is 0.0435. The van der Waals surface area contributed by atoms with E-state index in [4.69, 9.17) is 0 Å². The van der Waals surface area contributed by atoms with Crippen molar-refractivity contribution in [2.45, 2.75) is 18.9 Å². The molecular formula is C10H10F3NO2S2. The van der Waals surface area contributed by atoms with E-state index in [2.05, 4.69) is 12.2 Å². The Morgan fingerprint density at radius 2 is 2.00 bits per heavy atom. The van der Waals surface area contributed by atoms with Crippen LogP contribution in [-0.4, -0.2) is 13.4 Å². The Morgan fingerprint density at radius 1 is 1.39 bits per heavy atom. The number of halogens is 3. The van der Waals surface area contributed by atoms with Crippen LogP contribution in [0.5, 0.6) is 0 Å². The van der Waals surface area contributed by atoms with Crippen LogP contribution in [0.2, 0.25) is 0 Å². The third-order valence-electron chi connectivity index (χ3n) is 1.91. The van der Waals surface area contributed by atoms with Gasteiger partial charge in [0, 0.05) is 0 Å². The predicted molar refractivity (Wildman–Crippen MR) is 65.5 cm³/mol. The Hall–Kier alpha value is -1.15. The molecule has 0 saturated carbocycles. The minimum Gasteiger partial charge on any atom is -0.277 e. The molecule has 1 N–H and O–H groups in total. The molecule has 0 spiro atoms. The van der Waals surface area contributed by atoms with Gasteiger partial charge in [-0.15, -0.1) is 0 Å². The van der Waals surface area contributed by atoms with Crippen LogP contribution in [0.3, 0.4) is 0 Å². The number of rotatable bonds is 3. The molecule has 0 heterocycles. The van der Waals surface area contributed by atoms with Gasteiger partial charge in [0.1, 0.15) is 0 Å². The summed E-state index contributed by atoms with van der Waals surface area (Å²) in [6, 6.07) is 4.16. The fourth-order valence-electron chi connectivity index (χ4n) is 1.31. The van der Waals surface area contributed by atoms with Crippen molar-refractivity contribution in [1.82, 2.24) is 4.72 Å². The first-order chi connectivity index (χ1) is 8.10. The van der Waals surface area contributed by atoms with Crippen molar-refractivity contribution in [2.24, 2.45) is 0 Å². The summed E-state index contributed by atoms with van der Waals surface area (Å²) in [5.74, 6) is -0.551. The lowest BCUT2D eigenvalue weighted by molar-refractivity contribution is -0.137. The SMILES string of the molecule is CC(=S)NS(=O)(=O)Cc1cccc(C(F)(F)F)c1. The van der Waals surface area contributed by atoms with Crippen molar-refractivity contribution in [3.05, 3.63) is 35.4 Å². The second-order valence-electron chi connectivity index (χ2n) is 3.62. The standard InChI is InChI=1S/C10H10F3NO2S2/c1-7(17)14-18(15,16)6-8-3-2-4-9(5-8)10(11,12)13/h2-5H,6H2,1H3,(H,14,17). The van der Waals surface area contributed by atoms with Crippen molar-refractivity contribution >= 4 is 27.2 Å². The van der Waals surface area contributed by atoms with Gasteiger partial charge in [0.2, 0.25) is 10.0 Å². The number of thiocarbonyl (C=S) groups is 1. The highest BCUT2D eigenvalue weighted by molar-refractivity contribution is 7.91. The zero-order chi connectivity index (χ0) is 14.0. The summed E-state index contributed by atoms with van der Waals surface area (Å²) in [6.45, 7) is 1.37. The van der Waals surface area contributed by atoms with Gasteiger partial charge in [-0.25, -0.2) is 8.42 Å². The van der Waals surface area contributed by atoms with Crippen LogP contribution in [-0.2, 0) is 22.0 Å². The number of benzene rings is 1. The van der Waals surface area contributed by atoms with Gasteiger partial charge in [-0.1, -0.05) is 30.4 Å². The third kappa shape index (κ3) is 4.61. The molecule has 3 nitrogen and oxygen atoms in total. The Morgan fingerprint density at radius 3 is 2.50 bits per heavy atom. The van der Waals surface area contributed by atoms with Gasteiger partial charge in [0.25, 0.3) is 0 Å². The summed E-state index contributed by atoms with van der Waals surface area (Å²) in [5.41, 5.74) is -0.831. The lowest BCUT2D eigenvalue weighted by Crippen LogP contribution is -2.28.